The molecule has 0 radical (unpaired) electrons. The highest BCUT2D eigenvalue weighted by atomic mass is 16.5. The van der Waals surface area contributed by atoms with E-state index in [0.29, 0.717) is 5.52 Å². The summed E-state index contributed by atoms with van der Waals surface area (Å²) in [5.41, 5.74) is 2.62. The van der Waals surface area contributed by atoms with Gasteiger partial charge in [-0.3, -0.25) is 9.59 Å². The number of para-hydroxylation sites is 1. The summed E-state index contributed by atoms with van der Waals surface area (Å²) in [5, 5.41) is 11.5. The van der Waals surface area contributed by atoms with E-state index in [2.05, 4.69) is 15.6 Å². The fourth-order valence-corrected chi connectivity index (χ4v) is 4.19. The molecule has 0 unspecified atom stereocenters. The van der Waals surface area contributed by atoms with E-state index < -0.39 is 11.6 Å². The van der Waals surface area contributed by atoms with Gasteiger partial charge in [-0.25, -0.2) is 4.68 Å². The normalized spacial score (nSPS) is 12.4. The van der Waals surface area contributed by atoms with Gasteiger partial charge in [0.05, 0.1) is 12.6 Å². The van der Waals surface area contributed by atoms with Crippen LogP contribution < -0.4 is 10.1 Å². The molecule has 0 bridgehead atoms. The summed E-state index contributed by atoms with van der Waals surface area (Å²) in [7, 11) is 3.49. The molecule has 4 rings (SSSR count). The summed E-state index contributed by atoms with van der Waals surface area (Å²) in [5.74, 6) is 0.234. The number of hydrogen-bond acceptors (Lipinski definition) is 5. The molecule has 4 aromatic rings. The largest absolute Gasteiger partial charge is 0.497 e. The van der Waals surface area contributed by atoms with Crippen molar-refractivity contribution in [1.82, 2.24) is 29.8 Å². The van der Waals surface area contributed by atoms with E-state index in [-0.39, 0.29) is 24.9 Å². The Morgan fingerprint density at radius 2 is 1.81 bits per heavy atom. The first kappa shape index (κ1) is 25.9. The molecular weight excluding hydrogens is 468 g/mol. The van der Waals surface area contributed by atoms with E-state index in [9.17, 15) is 9.59 Å². The zero-order valence-electron chi connectivity index (χ0n) is 22.0. The maximum atomic E-state index is 14.0. The molecule has 2 heterocycles. The van der Waals surface area contributed by atoms with Crippen molar-refractivity contribution in [3.8, 4) is 5.75 Å². The van der Waals surface area contributed by atoms with Crippen molar-refractivity contribution in [2.75, 3.05) is 7.11 Å². The highest BCUT2D eigenvalue weighted by Crippen LogP contribution is 2.27. The molecular formula is C28H34N6O3. The molecule has 1 atom stereocenters. The Morgan fingerprint density at radius 1 is 1.08 bits per heavy atom. The van der Waals surface area contributed by atoms with Gasteiger partial charge in [0, 0.05) is 31.0 Å². The molecule has 0 aliphatic rings. The summed E-state index contributed by atoms with van der Waals surface area (Å²) in [6, 6.07) is 17.9. The number of nitrogens with zero attached hydrogens (tertiary/aromatic N) is 5. The quantitative estimate of drug-likeness (QED) is 0.355. The van der Waals surface area contributed by atoms with Crippen LogP contribution >= 0.6 is 0 Å². The topological polar surface area (TPSA) is 94.3 Å². The number of nitrogens with one attached hydrogen (secondary N) is 1. The van der Waals surface area contributed by atoms with Crippen LogP contribution in [0.15, 0.2) is 66.9 Å². The predicted octanol–water partition coefficient (Wildman–Crippen LogP) is 3.85. The molecule has 0 saturated heterocycles. The van der Waals surface area contributed by atoms with Crippen molar-refractivity contribution >= 4 is 22.8 Å². The van der Waals surface area contributed by atoms with Crippen molar-refractivity contribution in [3.63, 3.8) is 0 Å². The first-order chi connectivity index (χ1) is 17.7. The van der Waals surface area contributed by atoms with Gasteiger partial charge in [0.15, 0.2) is 6.04 Å². The Kier molecular flexibility index (Phi) is 7.61. The lowest BCUT2D eigenvalue weighted by molar-refractivity contribution is -0.143. The number of aromatic nitrogens is 4. The monoisotopic (exact) mass is 502 g/mol. The maximum Gasteiger partial charge on any atom is 0.249 e. The molecule has 1 N–H and O–H groups in total. The lowest BCUT2D eigenvalue weighted by atomic mass is 10.00. The Hall–Kier alpha value is -4.14. The van der Waals surface area contributed by atoms with E-state index in [1.807, 2.05) is 99.2 Å². The fraction of sp³-hybridized carbons (Fsp3) is 0.357. The summed E-state index contributed by atoms with van der Waals surface area (Å²) in [4.78, 5) is 29.5. The summed E-state index contributed by atoms with van der Waals surface area (Å²) < 4.78 is 8.75. The number of methoxy groups -OCH3 is 1. The van der Waals surface area contributed by atoms with Crippen LogP contribution in [-0.2, 0) is 29.7 Å². The highest BCUT2D eigenvalue weighted by Gasteiger charge is 2.35. The third kappa shape index (κ3) is 5.82. The fourth-order valence-electron chi connectivity index (χ4n) is 4.19. The van der Waals surface area contributed by atoms with Crippen LogP contribution in [0.3, 0.4) is 0 Å². The van der Waals surface area contributed by atoms with Gasteiger partial charge in [0.1, 0.15) is 17.8 Å². The number of rotatable bonds is 10. The van der Waals surface area contributed by atoms with Gasteiger partial charge in [-0.05, 0) is 62.2 Å². The van der Waals surface area contributed by atoms with E-state index in [4.69, 9.17) is 4.74 Å². The Morgan fingerprint density at radius 3 is 2.46 bits per heavy atom. The third-order valence-electron chi connectivity index (χ3n) is 6.71. The average molecular weight is 503 g/mol. The first-order valence-corrected chi connectivity index (χ1v) is 12.4. The minimum atomic E-state index is -0.852. The second-order valence-corrected chi connectivity index (χ2v) is 9.78. The smallest absolute Gasteiger partial charge is 0.249 e. The zero-order valence-corrected chi connectivity index (χ0v) is 22.0. The number of fused-ring (bicyclic) bond motifs is 1. The van der Waals surface area contributed by atoms with Crippen LogP contribution in [0.1, 0.15) is 44.5 Å². The van der Waals surface area contributed by atoms with Crippen LogP contribution in [0.5, 0.6) is 5.75 Å². The van der Waals surface area contributed by atoms with Crippen molar-refractivity contribution < 1.29 is 14.3 Å². The Bertz CT molecular complexity index is 1370. The number of carbonyl (C=O) groups is 2. The second-order valence-electron chi connectivity index (χ2n) is 9.78. The van der Waals surface area contributed by atoms with Crippen LogP contribution in [0.4, 0.5) is 0 Å². The number of amides is 2. The summed E-state index contributed by atoms with van der Waals surface area (Å²) >= 11 is 0. The van der Waals surface area contributed by atoms with Gasteiger partial charge in [-0.15, -0.1) is 5.10 Å². The van der Waals surface area contributed by atoms with E-state index in [1.54, 1.807) is 16.7 Å². The molecule has 0 spiro atoms. The Balaban J connectivity index is 1.75. The zero-order chi connectivity index (χ0) is 26.6. The van der Waals surface area contributed by atoms with Gasteiger partial charge in [0.2, 0.25) is 11.8 Å². The lowest BCUT2D eigenvalue weighted by Gasteiger charge is -2.34. The molecule has 0 saturated carbocycles. The minimum Gasteiger partial charge on any atom is -0.497 e. The van der Waals surface area contributed by atoms with Crippen LogP contribution in [0.2, 0.25) is 0 Å². The van der Waals surface area contributed by atoms with Gasteiger partial charge in [-0.1, -0.05) is 36.4 Å². The van der Waals surface area contributed by atoms with Crippen molar-refractivity contribution in [3.05, 3.63) is 78.1 Å². The standard InChI is InChI=1S/C28H34N6O3/c1-6-28(2,3)29-27(36)26(24-12-9-17-32(24)4)33(18-20-13-15-21(37-5)16-14-20)25(35)19-34-23-11-8-7-10-22(23)30-31-34/h7-17,26H,6,18-19H2,1-5H3,(H,29,36)/t26-/m0/s1. The molecule has 0 fully saturated rings. The summed E-state index contributed by atoms with van der Waals surface area (Å²) in [6.07, 6.45) is 2.62. The molecule has 2 aromatic heterocycles. The molecule has 2 amide bonds. The molecule has 2 aromatic carbocycles. The molecule has 37 heavy (non-hydrogen) atoms. The van der Waals surface area contributed by atoms with E-state index in [0.717, 1.165) is 28.9 Å². The SMILES string of the molecule is CCC(C)(C)NC(=O)[C@H](c1cccn1C)N(Cc1ccc(OC)cc1)C(=O)Cn1nnc2ccccc21. The summed E-state index contributed by atoms with van der Waals surface area (Å²) in [6.45, 7) is 6.15. The molecule has 9 nitrogen and oxygen atoms in total. The number of carbonyl (C=O) groups excluding carboxylic acids is 2. The van der Waals surface area contributed by atoms with Crippen molar-refractivity contribution in [2.45, 2.75) is 51.9 Å². The maximum absolute atomic E-state index is 14.0. The van der Waals surface area contributed by atoms with Crippen molar-refractivity contribution in [1.29, 1.82) is 0 Å². The molecule has 9 heteroatoms. The minimum absolute atomic E-state index is 0.0535. The number of aryl methyl sites for hydroxylation is 1. The highest BCUT2D eigenvalue weighted by molar-refractivity contribution is 5.89. The van der Waals surface area contributed by atoms with Gasteiger partial charge < -0.3 is 19.5 Å². The third-order valence-corrected chi connectivity index (χ3v) is 6.71. The van der Waals surface area contributed by atoms with Crippen LogP contribution in [-0.4, -0.2) is 48.9 Å². The van der Waals surface area contributed by atoms with Crippen LogP contribution in [0, 0.1) is 0 Å². The first-order valence-electron chi connectivity index (χ1n) is 12.4. The Labute approximate surface area is 217 Å². The van der Waals surface area contributed by atoms with Crippen molar-refractivity contribution in [2.24, 2.45) is 7.05 Å². The molecule has 194 valence electrons. The number of ether oxygens (including phenoxy) is 1. The van der Waals surface area contributed by atoms with Gasteiger partial charge in [-0.2, -0.15) is 0 Å². The van der Waals surface area contributed by atoms with Gasteiger partial charge in [0.25, 0.3) is 0 Å². The predicted molar refractivity (Wildman–Crippen MR) is 142 cm³/mol. The molecule has 0 aliphatic carbocycles. The number of benzene rings is 2. The van der Waals surface area contributed by atoms with E-state index in [1.165, 1.54) is 0 Å². The second kappa shape index (κ2) is 10.9. The van der Waals surface area contributed by atoms with Gasteiger partial charge >= 0.3 is 0 Å². The van der Waals surface area contributed by atoms with Crippen LogP contribution in [0.25, 0.3) is 11.0 Å². The van der Waals surface area contributed by atoms with E-state index >= 15 is 0 Å². The average Bonchev–Trinajstić information content (AvgIpc) is 3.50. The lowest BCUT2D eigenvalue weighted by Crippen LogP contribution is -2.51. The number of hydrogen-bond donors (Lipinski definition) is 1. The molecule has 0 aliphatic heterocycles.